The molecule has 1 heterocycles. The van der Waals surface area contributed by atoms with E-state index in [1.54, 1.807) is 11.8 Å². The molecule has 1 aliphatic rings. The topological polar surface area (TPSA) is 37.8 Å². The lowest BCUT2D eigenvalue weighted by Crippen LogP contribution is -2.26. The molecule has 0 saturated heterocycles. The van der Waals surface area contributed by atoms with Crippen LogP contribution in [0, 0.1) is 12.8 Å². The van der Waals surface area contributed by atoms with Crippen molar-refractivity contribution in [3.05, 3.63) is 18.0 Å². The Morgan fingerprint density at radius 1 is 1.33 bits per heavy atom. The third-order valence-electron chi connectivity index (χ3n) is 3.44. The number of thioether (sulfide) groups is 1. The predicted molar refractivity (Wildman–Crippen MR) is 76.9 cm³/mol. The highest BCUT2D eigenvalue weighted by Crippen LogP contribution is 2.22. The molecule has 2 rings (SSSR count). The molecule has 0 bridgehead atoms. The maximum atomic E-state index is 4.38. The monoisotopic (exact) mass is 265 g/mol. The van der Waals surface area contributed by atoms with E-state index < -0.39 is 0 Å². The van der Waals surface area contributed by atoms with Crippen molar-refractivity contribution in [1.29, 1.82) is 0 Å². The van der Waals surface area contributed by atoms with Gasteiger partial charge in [0, 0.05) is 24.2 Å². The molecule has 1 aromatic rings. The van der Waals surface area contributed by atoms with Gasteiger partial charge in [-0.2, -0.15) is 0 Å². The number of rotatable bonds is 6. The summed E-state index contributed by atoms with van der Waals surface area (Å²) in [6.07, 6.45) is 8.97. The zero-order valence-electron chi connectivity index (χ0n) is 11.2. The van der Waals surface area contributed by atoms with Crippen LogP contribution in [-0.2, 0) is 0 Å². The van der Waals surface area contributed by atoms with Crippen LogP contribution >= 0.6 is 11.8 Å². The van der Waals surface area contributed by atoms with Crippen LogP contribution in [0.3, 0.4) is 0 Å². The van der Waals surface area contributed by atoms with E-state index in [4.69, 9.17) is 0 Å². The summed E-state index contributed by atoms with van der Waals surface area (Å²) in [7, 11) is 0. The molecule has 3 nitrogen and oxygen atoms in total. The number of aromatic nitrogens is 2. The number of hydrogen-bond acceptors (Lipinski definition) is 4. The minimum Gasteiger partial charge on any atom is -0.316 e. The van der Waals surface area contributed by atoms with Crippen molar-refractivity contribution in [2.75, 3.05) is 18.8 Å². The van der Waals surface area contributed by atoms with Gasteiger partial charge in [-0.3, -0.25) is 0 Å². The normalized spacial score (nSPS) is 16.9. The highest BCUT2D eigenvalue weighted by atomic mass is 32.2. The molecule has 1 aliphatic carbocycles. The van der Waals surface area contributed by atoms with Gasteiger partial charge < -0.3 is 5.32 Å². The van der Waals surface area contributed by atoms with Gasteiger partial charge in [0.1, 0.15) is 0 Å². The van der Waals surface area contributed by atoms with Crippen molar-refractivity contribution in [3.8, 4) is 0 Å². The van der Waals surface area contributed by atoms with Crippen molar-refractivity contribution in [2.45, 2.75) is 44.2 Å². The predicted octanol–water partition coefficient (Wildman–Crippen LogP) is 3.05. The maximum absolute atomic E-state index is 4.38. The van der Waals surface area contributed by atoms with Gasteiger partial charge in [-0.1, -0.05) is 31.0 Å². The number of nitrogens with one attached hydrogen (secondary N) is 1. The molecule has 1 aromatic heterocycles. The van der Waals surface area contributed by atoms with E-state index in [0.29, 0.717) is 0 Å². The van der Waals surface area contributed by atoms with Crippen molar-refractivity contribution in [1.82, 2.24) is 15.3 Å². The molecule has 100 valence electrons. The summed E-state index contributed by atoms with van der Waals surface area (Å²) in [6, 6.07) is 1.94. The Morgan fingerprint density at radius 2 is 2.17 bits per heavy atom. The average molecular weight is 265 g/mol. The van der Waals surface area contributed by atoms with E-state index in [1.165, 1.54) is 38.6 Å². The highest BCUT2D eigenvalue weighted by Gasteiger charge is 2.12. The van der Waals surface area contributed by atoms with E-state index in [1.807, 2.05) is 19.2 Å². The van der Waals surface area contributed by atoms with Crippen LogP contribution in [-0.4, -0.2) is 28.8 Å². The summed E-state index contributed by atoms with van der Waals surface area (Å²) in [4.78, 5) is 8.64. The number of aryl methyl sites for hydroxylation is 1. The molecule has 1 saturated carbocycles. The molecule has 0 amide bonds. The van der Waals surface area contributed by atoms with Crippen LogP contribution in [0.15, 0.2) is 17.4 Å². The quantitative estimate of drug-likeness (QED) is 0.487. The Balaban J connectivity index is 1.55. The van der Waals surface area contributed by atoms with Crippen LogP contribution in [0.2, 0.25) is 0 Å². The lowest BCUT2D eigenvalue weighted by molar-refractivity contribution is 0.345. The fourth-order valence-corrected chi connectivity index (χ4v) is 3.18. The first kappa shape index (κ1) is 13.8. The molecule has 0 radical (unpaired) electrons. The third-order valence-corrected chi connectivity index (χ3v) is 4.30. The maximum Gasteiger partial charge on any atom is 0.187 e. The molecule has 1 fully saturated rings. The molecule has 0 spiro atoms. The summed E-state index contributed by atoms with van der Waals surface area (Å²) in [5.41, 5.74) is 1.04. The second-order valence-electron chi connectivity index (χ2n) is 5.04. The van der Waals surface area contributed by atoms with Crippen molar-refractivity contribution >= 4 is 11.8 Å². The Kier molecular flexibility index (Phi) is 5.94. The molecule has 0 unspecified atom stereocenters. The van der Waals surface area contributed by atoms with Crippen molar-refractivity contribution in [3.63, 3.8) is 0 Å². The van der Waals surface area contributed by atoms with E-state index >= 15 is 0 Å². The summed E-state index contributed by atoms with van der Waals surface area (Å²) >= 11 is 1.74. The van der Waals surface area contributed by atoms with Gasteiger partial charge in [0.05, 0.1) is 0 Å². The smallest absolute Gasteiger partial charge is 0.187 e. The zero-order chi connectivity index (χ0) is 12.6. The number of nitrogens with zero attached hydrogens (tertiary/aromatic N) is 2. The van der Waals surface area contributed by atoms with Gasteiger partial charge in [-0.25, -0.2) is 9.97 Å². The van der Waals surface area contributed by atoms with Gasteiger partial charge in [0.15, 0.2) is 5.16 Å². The summed E-state index contributed by atoms with van der Waals surface area (Å²) in [5.74, 6) is 1.97. The largest absolute Gasteiger partial charge is 0.316 e. The number of hydrogen-bond donors (Lipinski definition) is 1. The minimum absolute atomic E-state index is 0.898. The minimum atomic E-state index is 0.898. The van der Waals surface area contributed by atoms with Crippen molar-refractivity contribution in [2.24, 2.45) is 5.92 Å². The van der Waals surface area contributed by atoms with Crippen LogP contribution in [0.25, 0.3) is 0 Å². The molecule has 18 heavy (non-hydrogen) atoms. The Bertz CT molecular complexity index is 351. The van der Waals surface area contributed by atoms with E-state index in [-0.39, 0.29) is 0 Å². The lowest BCUT2D eigenvalue weighted by Gasteiger charge is -2.21. The Morgan fingerprint density at radius 3 is 2.94 bits per heavy atom. The third kappa shape index (κ3) is 4.94. The first-order valence-corrected chi connectivity index (χ1v) is 7.96. The van der Waals surface area contributed by atoms with E-state index in [9.17, 15) is 0 Å². The van der Waals surface area contributed by atoms with Crippen LogP contribution in [0.4, 0.5) is 0 Å². The Labute approximate surface area is 114 Å². The highest BCUT2D eigenvalue weighted by molar-refractivity contribution is 7.99. The zero-order valence-corrected chi connectivity index (χ0v) is 12.0. The fraction of sp³-hybridized carbons (Fsp3) is 0.714. The van der Waals surface area contributed by atoms with E-state index in [2.05, 4.69) is 15.3 Å². The average Bonchev–Trinajstić information content (AvgIpc) is 2.40. The molecule has 4 heteroatoms. The van der Waals surface area contributed by atoms with Crippen LogP contribution < -0.4 is 5.32 Å². The first-order chi connectivity index (χ1) is 8.84. The van der Waals surface area contributed by atoms with Gasteiger partial charge >= 0.3 is 0 Å². The Hall–Kier alpha value is -0.610. The van der Waals surface area contributed by atoms with Crippen LogP contribution in [0.1, 0.15) is 37.8 Å². The molecule has 0 aromatic carbocycles. The summed E-state index contributed by atoms with van der Waals surface area (Å²) < 4.78 is 0. The molecular weight excluding hydrogens is 242 g/mol. The molecular formula is C14H23N3S. The molecule has 0 atom stereocenters. The summed E-state index contributed by atoms with van der Waals surface area (Å²) in [5, 5.41) is 4.46. The lowest BCUT2D eigenvalue weighted by atomic mass is 9.89. The van der Waals surface area contributed by atoms with Gasteiger partial charge in [0.25, 0.3) is 0 Å². The van der Waals surface area contributed by atoms with Crippen molar-refractivity contribution < 1.29 is 0 Å². The second kappa shape index (κ2) is 7.74. The van der Waals surface area contributed by atoms with Crippen LogP contribution in [0.5, 0.6) is 0 Å². The summed E-state index contributed by atoms with van der Waals surface area (Å²) in [6.45, 7) is 4.25. The SMILES string of the molecule is Cc1ccnc(SCCNCC2CCCCC2)n1. The fourth-order valence-electron chi connectivity index (χ4n) is 2.41. The molecule has 0 aliphatic heterocycles. The van der Waals surface area contributed by atoms with Gasteiger partial charge in [0.2, 0.25) is 0 Å². The van der Waals surface area contributed by atoms with E-state index in [0.717, 1.165) is 29.1 Å². The standard InChI is InChI=1S/C14H23N3S/c1-12-7-8-16-14(17-12)18-10-9-15-11-13-5-3-2-4-6-13/h7-8,13,15H,2-6,9-11H2,1H3. The first-order valence-electron chi connectivity index (χ1n) is 6.98. The van der Waals surface area contributed by atoms with Gasteiger partial charge in [-0.15, -0.1) is 0 Å². The second-order valence-corrected chi connectivity index (χ2v) is 6.10. The van der Waals surface area contributed by atoms with Gasteiger partial charge in [-0.05, 0) is 38.3 Å². The molecule has 1 N–H and O–H groups in total.